The number of carbonyl (C=O) groups excluding carboxylic acids is 1. The van der Waals surface area contributed by atoms with E-state index < -0.39 is 6.04 Å². The van der Waals surface area contributed by atoms with Crippen LogP contribution in [0.5, 0.6) is 0 Å². The van der Waals surface area contributed by atoms with Crippen LogP contribution in [0.2, 0.25) is 0 Å². The standard InChI is InChI=1S/C10H22N2O2/c1-7(2)8(11)9(13)12-6-10(3,4)14-5/h7-8H,6,11H2,1-5H3,(H,12,13)/t8-/m1/s1. The summed E-state index contributed by atoms with van der Waals surface area (Å²) in [4.78, 5) is 11.5. The maximum atomic E-state index is 11.5. The highest BCUT2D eigenvalue weighted by Crippen LogP contribution is 2.05. The average Bonchev–Trinajstić information content (AvgIpc) is 2.13. The van der Waals surface area contributed by atoms with Gasteiger partial charge in [-0.15, -0.1) is 0 Å². The topological polar surface area (TPSA) is 64.3 Å². The normalized spacial score (nSPS) is 14.2. The largest absolute Gasteiger partial charge is 0.377 e. The number of hydrogen-bond acceptors (Lipinski definition) is 3. The van der Waals surface area contributed by atoms with Crippen molar-refractivity contribution in [3.05, 3.63) is 0 Å². The number of hydrogen-bond donors (Lipinski definition) is 2. The molecule has 0 aromatic rings. The van der Waals surface area contributed by atoms with Gasteiger partial charge in [-0.2, -0.15) is 0 Å². The van der Waals surface area contributed by atoms with Crippen LogP contribution in [-0.4, -0.2) is 31.2 Å². The minimum absolute atomic E-state index is 0.120. The van der Waals surface area contributed by atoms with Gasteiger partial charge in [0.05, 0.1) is 11.6 Å². The zero-order valence-electron chi connectivity index (χ0n) is 9.76. The summed E-state index contributed by atoms with van der Waals surface area (Å²) in [5.74, 6) is 0.0331. The van der Waals surface area contributed by atoms with E-state index in [2.05, 4.69) is 5.32 Å². The summed E-state index contributed by atoms with van der Waals surface area (Å²) >= 11 is 0. The SMILES string of the molecule is COC(C)(C)CNC(=O)[C@H](N)C(C)C. The minimum Gasteiger partial charge on any atom is -0.377 e. The van der Waals surface area contributed by atoms with Crippen molar-refractivity contribution in [1.29, 1.82) is 0 Å². The first-order chi connectivity index (χ1) is 6.30. The van der Waals surface area contributed by atoms with E-state index in [1.807, 2.05) is 27.7 Å². The van der Waals surface area contributed by atoms with Crippen molar-refractivity contribution in [2.24, 2.45) is 11.7 Å². The molecule has 0 rings (SSSR count). The Hall–Kier alpha value is -0.610. The summed E-state index contributed by atoms with van der Waals surface area (Å²) < 4.78 is 5.17. The van der Waals surface area contributed by atoms with Gasteiger partial charge in [0.1, 0.15) is 0 Å². The summed E-state index contributed by atoms with van der Waals surface area (Å²) in [6.07, 6.45) is 0. The van der Waals surface area contributed by atoms with E-state index in [-0.39, 0.29) is 17.4 Å². The van der Waals surface area contributed by atoms with Crippen LogP contribution in [0, 0.1) is 5.92 Å². The van der Waals surface area contributed by atoms with E-state index in [1.165, 1.54) is 0 Å². The van der Waals surface area contributed by atoms with Crippen molar-refractivity contribution in [2.75, 3.05) is 13.7 Å². The van der Waals surface area contributed by atoms with Crippen LogP contribution < -0.4 is 11.1 Å². The van der Waals surface area contributed by atoms with Crippen LogP contribution in [-0.2, 0) is 9.53 Å². The molecule has 0 heterocycles. The number of nitrogens with one attached hydrogen (secondary N) is 1. The molecular weight excluding hydrogens is 180 g/mol. The second-order valence-corrected chi connectivity index (χ2v) is 4.45. The van der Waals surface area contributed by atoms with E-state index in [4.69, 9.17) is 10.5 Å². The molecule has 4 nitrogen and oxygen atoms in total. The minimum atomic E-state index is -0.442. The monoisotopic (exact) mass is 202 g/mol. The number of carbonyl (C=O) groups is 1. The zero-order valence-corrected chi connectivity index (χ0v) is 9.76. The Bertz CT molecular complexity index is 191. The van der Waals surface area contributed by atoms with Crippen LogP contribution in [0.4, 0.5) is 0 Å². The second-order valence-electron chi connectivity index (χ2n) is 4.45. The van der Waals surface area contributed by atoms with Gasteiger partial charge < -0.3 is 15.8 Å². The summed E-state index contributed by atoms with van der Waals surface area (Å²) in [6.45, 7) is 8.14. The highest BCUT2D eigenvalue weighted by atomic mass is 16.5. The van der Waals surface area contributed by atoms with Crippen molar-refractivity contribution >= 4 is 5.91 Å². The second kappa shape index (κ2) is 5.32. The first-order valence-electron chi connectivity index (χ1n) is 4.88. The molecule has 0 radical (unpaired) electrons. The summed E-state index contributed by atoms with van der Waals surface area (Å²) in [5.41, 5.74) is 5.34. The van der Waals surface area contributed by atoms with Gasteiger partial charge in [-0.25, -0.2) is 0 Å². The van der Waals surface area contributed by atoms with E-state index in [0.717, 1.165) is 0 Å². The van der Waals surface area contributed by atoms with Crippen LogP contribution in [0.3, 0.4) is 0 Å². The number of nitrogens with two attached hydrogens (primary N) is 1. The maximum Gasteiger partial charge on any atom is 0.237 e. The molecule has 14 heavy (non-hydrogen) atoms. The fraction of sp³-hybridized carbons (Fsp3) is 0.900. The average molecular weight is 202 g/mol. The van der Waals surface area contributed by atoms with Gasteiger partial charge in [0.2, 0.25) is 5.91 Å². The number of amides is 1. The third kappa shape index (κ3) is 4.58. The Kier molecular flexibility index (Phi) is 5.08. The summed E-state index contributed by atoms with van der Waals surface area (Å²) in [5, 5.41) is 2.77. The molecule has 0 aromatic carbocycles. The van der Waals surface area contributed by atoms with Gasteiger partial charge in [0.25, 0.3) is 0 Å². The Balaban J connectivity index is 3.97. The quantitative estimate of drug-likeness (QED) is 0.682. The zero-order chi connectivity index (χ0) is 11.4. The molecule has 0 unspecified atom stereocenters. The fourth-order valence-electron chi connectivity index (χ4n) is 0.793. The smallest absolute Gasteiger partial charge is 0.237 e. The third-order valence-electron chi connectivity index (χ3n) is 2.26. The van der Waals surface area contributed by atoms with Gasteiger partial charge in [-0.3, -0.25) is 4.79 Å². The van der Waals surface area contributed by atoms with Crippen LogP contribution in [0.15, 0.2) is 0 Å². The van der Waals surface area contributed by atoms with E-state index >= 15 is 0 Å². The molecule has 0 aliphatic rings. The fourth-order valence-corrected chi connectivity index (χ4v) is 0.793. The summed E-state index contributed by atoms with van der Waals surface area (Å²) in [7, 11) is 1.62. The predicted octanol–water partition coefficient (Wildman–Crippen LogP) is 0.511. The Labute approximate surface area is 86.2 Å². The molecule has 4 heteroatoms. The van der Waals surface area contributed by atoms with E-state index in [9.17, 15) is 4.79 Å². The van der Waals surface area contributed by atoms with Gasteiger partial charge in [-0.05, 0) is 19.8 Å². The lowest BCUT2D eigenvalue weighted by molar-refractivity contribution is -0.124. The predicted molar refractivity (Wildman–Crippen MR) is 56.9 cm³/mol. The van der Waals surface area contributed by atoms with Gasteiger partial charge >= 0.3 is 0 Å². The molecule has 0 aliphatic heterocycles. The van der Waals surface area contributed by atoms with E-state index in [1.54, 1.807) is 7.11 Å². The molecule has 0 bridgehead atoms. The molecule has 3 N–H and O–H groups in total. The Morgan fingerprint density at radius 2 is 2.00 bits per heavy atom. The van der Waals surface area contributed by atoms with Gasteiger partial charge in [0, 0.05) is 13.7 Å². The highest BCUT2D eigenvalue weighted by molar-refractivity contribution is 5.81. The molecule has 0 aromatic heterocycles. The molecule has 1 amide bonds. The number of methoxy groups -OCH3 is 1. The Morgan fingerprint density at radius 1 is 1.50 bits per heavy atom. The molecule has 1 atom stereocenters. The van der Waals surface area contributed by atoms with Crippen molar-refractivity contribution in [3.63, 3.8) is 0 Å². The molecule has 0 spiro atoms. The Morgan fingerprint density at radius 3 is 2.36 bits per heavy atom. The molecule has 84 valence electrons. The molecule has 0 saturated carbocycles. The maximum absolute atomic E-state index is 11.5. The van der Waals surface area contributed by atoms with Crippen LogP contribution >= 0.6 is 0 Å². The number of rotatable bonds is 5. The van der Waals surface area contributed by atoms with E-state index in [0.29, 0.717) is 6.54 Å². The molecule has 0 fully saturated rings. The van der Waals surface area contributed by atoms with Crippen LogP contribution in [0.1, 0.15) is 27.7 Å². The summed E-state index contributed by atoms with van der Waals surface area (Å²) in [6, 6.07) is -0.442. The first-order valence-corrected chi connectivity index (χ1v) is 4.88. The van der Waals surface area contributed by atoms with Crippen molar-refractivity contribution in [3.8, 4) is 0 Å². The lowest BCUT2D eigenvalue weighted by Gasteiger charge is -2.24. The van der Waals surface area contributed by atoms with Gasteiger partial charge in [0.15, 0.2) is 0 Å². The van der Waals surface area contributed by atoms with Crippen LogP contribution in [0.25, 0.3) is 0 Å². The molecule has 0 aliphatic carbocycles. The lowest BCUT2D eigenvalue weighted by Crippen LogP contribution is -2.48. The first kappa shape index (κ1) is 13.4. The highest BCUT2D eigenvalue weighted by Gasteiger charge is 2.21. The molecule has 0 saturated heterocycles. The third-order valence-corrected chi connectivity index (χ3v) is 2.26. The lowest BCUT2D eigenvalue weighted by atomic mass is 10.0. The van der Waals surface area contributed by atoms with Gasteiger partial charge in [-0.1, -0.05) is 13.8 Å². The molecular formula is C10H22N2O2. The van der Waals surface area contributed by atoms with Crippen molar-refractivity contribution in [2.45, 2.75) is 39.3 Å². The number of ether oxygens (including phenoxy) is 1. The van der Waals surface area contributed by atoms with Crippen molar-refractivity contribution < 1.29 is 9.53 Å². The van der Waals surface area contributed by atoms with Crippen molar-refractivity contribution in [1.82, 2.24) is 5.32 Å².